The zero-order valence-corrected chi connectivity index (χ0v) is 23.7. The number of carbonyl (C=O) groups excluding carboxylic acids is 1. The predicted molar refractivity (Wildman–Crippen MR) is 112 cm³/mol. The Balaban J connectivity index is 0. The van der Waals surface area contributed by atoms with Gasteiger partial charge in [-0.05, 0) is 20.8 Å². The van der Waals surface area contributed by atoms with Crippen molar-refractivity contribution in [2.45, 2.75) is 26.4 Å². The SMILES string of the molecule is CC(C)(C)OC(=O)CN1CCN(CC#N)CCN(CC(=O)O)CCN(CC(=O)O)CC1.[Br-].[Na+]. The topological polar surface area (TPSA) is 138 Å². The Morgan fingerprint density at radius 3 is 1.42 bits per heavy atom. The Hall–Kier alpha value is -0.780. The van der Waals surface area contributed by atoms with Crippen LogP contribution in [0.15, 0.2) is 0 Å². The van der Waals surface area contributed by atoms with Gasteiger partial charge in [0, 0.05) is 52.4 Å². The van der Waals surface area contributed by atoms with E-state index < -0.39 is 17.5 Å². The number of rotatable bonds is 7. The van der Waals surface area contributed by atoms with Crippen LogP contribution in [0.2, 0.25) is 0 Å². The number of aliphatic carboxylic acids is 2. The molecule has 184 valence electrons. The maximum absolute atomic E-state index is 12.3. The van der Waals surface area contributed by atoms with Crippen LogP contribution in [0.5, 0.6) is 0 Å². The van der Waals surface area contributed by atoms with E-state index >= 15 is 0 Å². The smallest absolute Gasteiger partial charge is 1.00 e. The van der Waals surface area contributed by atoms with Gasteiger partial charge in [-0.3, -0.25) is 34.0 Å². The second-order valence-electron chi connectivity index (χ2n) is 8.64. The van der Waals surface area contributed by atoms with Crippen molar-refractivity contribution in [3.05, 3.63) is 0 Å². The third-order valence-corrected chi connectivity index (χ3v) is 4.71. The Bertz CT molecular complexity index is 658. The van der Waals surface area contributed by atoms with Gasteiger partial charge in [0.15, 0.2) is 0 Å². The summed E-state index contributed by atoms with van der Waals surface area (Å²) in [7, 11) is 0. The summed E-state index contributed by atoms with van der Waals surface area (Å²) in [5.41, 5.74) is -0.598. The molecule has 0 aromatic carbocycles. The van der Waals surface area contributed by atoms with Crippen LogP contribution in [0.1, 0.15) is 20.8 Å². The van der Waals surface area contributed by atoms with Crippen molar-refractivity contribution in [3.63, 3.8) is 0 Å². The third-order valence-electron chi connectivity index (χ3n) is 4.71. The van der Waals surface area contributed by atoms with E-state index in [4.69, 9.17) is 15.1 Å². The number of esters is 1. The Morgan fingerprint density at radius 2 is 1.12 bits per heavy atom. The zero-order valence-electron chi connectivity index (χ0n) is 20.1. The van der Waals surface area contributed by atoms with E-state index in [1.807, 2.05) is 9.80 Å². The first-order chi connectivity index (χ1) is 14.5. The summed E-state index contributed by atoms with van der Waals surface area (Å²) >= 11 is 0. The average molecular weight is 544 g/mol. The van der Waals surface area contributed by atoms with Gasteiger partial charge in [0.1, 0.15) is 5.60 Å². The maximum Gasteiger partial charge on any atom is 1.00 e. The molecule has 0 saturated carbocycles. The number of ether oxygens (including phenoxy) is 1. The first kappa shape index (κ1) is 34.4. The number of carboxylic acids is 2. The molecule has 1 aliphatic heterocycles. The Kier molecular flexibility index (Phi) is 18.4. The molecule has 1 aliphatic rings. The van der Waals surface area contributed by atoms with Crippen LogP contribution in [-0.2, 0) is 19.1 Å². The molecule has 33 heavy (non-hydrogen) atoms. The van der Waals surface area contributed by atoms with Crippen LogP contribution >= 0.6 is 0 Å². The predicted octanol–water partition coefficient (Wildman–Crippen LogP) is -6.75. The van der Waals surface area contributed by atoms with Crippen LogP contribution < -0.4 is 46.5 Å². The van der Waals surface area contributed by atoms with Crippen molar-refractivity contribution in [1.29, 1.82) is 5.26 Å². The molecule has 1 rings (SSSR count). The van der Waals surface area contributed by atoms with Gasteiger partial charge in [-0.15, -0.1) is 0 Å². The first-order valence-corrected chi connectivity index (χ1v) is 10.4. The van der Waals surface area contributed by atoms with Crippen LogP contribution in [0, 0.1) is 11.3 Å². The molecule has 2 N–H and O–H groups in total. The second-order valence-corrected chi connectivity index (χ2v) is 8.64. The molecular weight excluding hydrogens is 509 g/mol. The molecule has 1 heterocycles. The van der Waals surface area contributed by atoms with Crippen molar-refractivity contribution in [1.82, 2.24) is 19.6 Å². The number of hydrogen-bond acceptors (Lipinski definition) is 9. The molecule has 1 saturated heterocycles. The van der Waals surface area contributed by atoms with Crippen molar-refractivity contribution < 1.29 is 75.9 Å². The maximum atomic E-state index is 12.3. The summed E-state index contributed by atoms with van der Waals surface area (Å²) in [6.07, 6.45) is 0. The Morgan fingerprint density at radius 1 is 0.788 bits per heavy atom. The number of nitrogens with zero attached hydrogens (tertiary/aromatic N) is 5. The molecule has 0 aliphatic carbocycles. The van der Waals surface area contributed by atoms with Gasteiger partial charge >= 0.3 is 47.5 Å². The zero-order chi connectivity index (χ0) is 23.4. The van der Waals surface area contributed by atoms with Gasteiger partial charge in [0.2, 0.25) is 0 Å². The molecule has 11 nitrogen and oxygen atoms in total. The molecule has 13 heteroatoms. The normalized spacial score (nSPS) is 17.9. The fourth-order valence-corrected chi connectivity index (χ4v) is 3.25. The molecule has 0 aromatic heterocycles. The molecule has 0 atom stereocenters. The van der Waals surface area contributed by atoms with Crippen molar-refractivity contribution in [2.24, 2.45) is 0 Å². The summed E-state index contributed by atoms with van der Waals surface area (Å²) < 4.78 is 5.41. The van der Waals surface area contributed by atoms with E-state index in [2.05, 4.69) is 6.07 Å². The molecule has 0 spiro atoms. The quantitative estimate of drug-likeness (QED) is 0.180. The monoisotopic (exact) mass is 543 g/mol. The number of carboxylic acid groups (broad SMARTS) is 2. The Labute approximate surface area is 228 Å². The van der Waals surface area contributed by atoms with Crippen molar-refractivity contribution in [3.8, 4) is 6.07 Å². The van der Waals surface area contributed by atoms with Gasteiger partial charge in [-0.2, -0.15) is 5.26 Å². The molecule has 0 aromatic rings. The average Bonchev–Trinajstić information content (AvgIpc) is 2.61. The summed E-state index contributed by atoms with van der Waals surface area (Å²) in [5.74, 6) is -2.27. The van der Waals surface area contributed by atoms with E-state index in [0.717, 1.165) is 0 Å². The largest absolute Gasteiger partial charge is 1.00 e. The standard InChI is InChI=1S/C20H35N5O6.BrH.Na/c1-20(2,3)31-19(30)16-25-9-7-22(5-4-21)6-8-23(14-17(26)27)10-11-24(12-13-25)15-18(28)29;;/h5-16H2,1-3H3,(H,26,27)(H,28,29);1H;/q;;+1/p-1. The van der Waals surface area contributed by atoms with Gasteiger partial charge in [-0.1, -0.05) is 0 Å². The van der Waals surface area contributed by atoms with E-state index in [1.165, 1.54) is 0 Å². The third kappa shape index (κ3) is 17.3. The summed E-state index contributed by atoms with van der Waals surface area (Å²) in [6.45, 7) is 8.97. The molecule has 0 unspecified atom stereocenters. The van der Waals surface area contributed by atoms with Crippen LogP contribution in [0.3, 0.4) is 0 Å². The number of halogens is 1. The van der Waals surface area contributed by atoms with E-state index in [-0.39, 0.29) is 78.7 Å². The van der Waals surface area contributed by atoms with Crippen LogP contribution in [-0.4, -0.2) is 132 Å². The summed E-state index contributed by atoms with van der Waals surface area (Å²) in [6, 6.07) is 2.13. The molecular formula is C20H35BrN5NaO6. The van der Waals surface area contributed by atoms with Crippen molar-refractivity contribution in [2.75, 3.05) is 78.5 Å². The molecule has 0 radical (unpaired) electrons. The second kappa shape index (κ2) is 17.6. The van der Waals surface area contributed by atoms with Crippen LogP contribution in [0.25, 0.3) is 0 Å². The summed E-state index contributed by atoms with van der Waals surface area (Å²) in [5, 5.41) is 27.5. The van der Waals surface area contributed by atoms with Crippen molar-refractivity contribution >= 4 is 17.9 Å². The van der Waals surface area contributed by atoms with E-state index in [1.54, 1.807) is 30.6 Å². The van der Waals surface area contributed by atoms with Crippen LogP contribution in [0.4, 0.5) is 0 Å². The fraction of sp³-hybridized carbons (Fsp3) is 0.800. The van der Waals surface area contributed by atoms with Gasteiger partial charge in [-0.25, -0.2) is 0 Å². The number of nitriles is 1. The number of hydrogen-bond donors (Lipinski definition) is 2. The van der Waals surface area contributed by atoms with Gasteiger partial charge < -0.3 is 31.9 Å². The number of carbonyl (C=O) groups is 3. The van der Waals surface area contributed by atoms with E-state index in [0.29, 0.717) is 52.4 Å². The minimum absolute atomic E-state index is 0. The van der Waals surface area contributed by atoms with Gasteiger partial charge in [0.05, 0.1) is 32.2 Å². The summed E-state index contributed by atoms with van der Waals surface area (Å²) in [4.78, 5) is 42.1. The molecule has 0 amide bonds. The first-order valence-electron chi connectivity index (χ1n) is 10.4. The molecule has 0 bridgehead atoms. The van der Waals surface area contributed by atoms with E-state index in [9.17, 15) is 19.5 Å². The molecule has 1 fully saturated rings. The van der Waals surface area contributed by atoms with Gasteiger partial charge in [0.25, 0.3) is 0 Å². The minimum Gasteiger partial charge on any atom is -1.00 e. The fourth-order valence-electron chi connectivity index (χ4n) is 3.25. The minimum atomic E-state index is -0.962.